The molecule has 1 aromatic carbocycles. The molecule has 2 saturated heterocycles. The van der Waals surface area contributed by atoms with Crippen molar-refractivity contribution in [3.05, 3.63) is 30.3 Å². The van der Waals surface area contributed by atoms with Crippen LogP contribution in [0.1, 0.15) is 20.3 Å². The van der Waals surface area contributed by atoms with Gasteiger partial charge in [0.25, 0.3) is 0 Å². The number of ether oxygens (including phenoxy) is 2. The SMILES string of the molecule is CC1(C)SC2C(NC(=O)COc3ccccc3)C(=O)N2C1C(=O)OCC[CH2][Ge]([CH3])([CH3])[CH3]. The summed E-state index contributed by atoms with van der Waals surface area (Å²) in [5.41, 5.74) is 0. The zero-order valence-corrected chi connectivity index (χ0v) is 21.8. The number of thioether (sulfide) groups is 1. The second-order valence-corrected chi connectivity index (χ2v) is 23.3. The Bertz CT molecular complexity index is 827. The second-order valence-electron chi connectivity index (χ2n) is 9.74. The maximum absolute atomic E-state index is 12.8. The number of rotatable bonds is 9. The van der Waals surface area contributed by atoms with Gasteiger partial charge in [-0.25, -0.2) is 0 Å². The standard InChI is InChI=1S/C22H32GeN2O5S/c1-22(2)18(21(28)29-13-9-12-23(3,4)5)25-19(27)17(20(25)31-22)24-16(26)14-30-15-10-7-6-8-11-15/h6-8,10-11,17-18,20H,9,12-14H2,1-5H3,(H,24,26). The van der Waals surface area contributed by atoms with Crippen molar-refractivity contribution >= 4 is 42.8 Å². The zero-order chi connectivity index (χ0) is 22.8. The zero-order valence-electron chi connectivity index (χ0n) is 18.8. The number of carbonyl (C=O) groups is 3. The molecule has 31 heavy (non-hydrogen) atoms. The van der Waals surface area contributed by atoms with Crippen LogP contribution < -0.4 is 10.1 Å². The molecular weight excluding hydrogens is 477 g/mol. The Balaban J connectivity index is 1.52. The monoisotopic (exact) mass is 510 g/mol. The molecule has 2 heterocycles. The van der Waals surface area contributed by atoms with Crippen molar-refractivity contribution in [3.63, 3.8) is 0 Å². The number of amides is 2. The number of benzene rings is 1. The van der Waals surface area contributed by atoms with E-state index in [1.807, 2.05) is 32.0 Å². The van der Waals surface area contributed by atoms with E-state index in [4.69, 9.17) is 9.47 Å². The van der Waals surface area contributed by atoms with Gasteiger partial charge in [0.1, 0.15) is 5.75 Å². The molecule has 2 aliphatic heterocycles. The van der Waals surface area contributed by atoms with Gasteiger partial charge in [0.05, 0.1) is 0 Å². The molecule has 0 aliphatic carbocycles. The third-order valence-corrected chi connectivity index (χ3v) is 10.9. The van der Waals surface area contributed by atoms with E-state index in [1.165, 1.54) is 11.8 Å². The molecule has 2 fully saturated rings. The normalized spacial score (nSPS) is 24.2. The summed E-state index contributed by atoms with van der Waals surface area (Å²) in [6.45, 7) is 4.11. The first-order valence-electron chi connectivity index (χ1n) is 10.6. The Labute approximate surface area is 191 Å². The molecule has 0 bridgehead atoms. The van der Waals surface area contributed by atoms with E-state index in [1.54, 1.807) is 17.0 Å². The first-order chi connectivity index (χ1) is 14.5. The summed E-state index contributed by atoms with van der Waals surface area (Å²) >= 11 is -0.130. The van der Waals surface area contributed by atoms with Crippen LogP contribution in [-0.2, 0) is 19.1 Å². The fourth-order valence-corrected chi connectivity index (χ4v) is 8.01. The number of nitrogens with one attached hydrogen (secondary N) is 1. The van der Waals surface area contributed by atoms with Crippen LogP contribution in [0.25, 0.3) is 0 Å². The third-order valence-electron chi connectivity index (χ3n) is 5.41. The number of carbonyl (C=O) groups excluding carboxylic acids is 3. The summed E-state index contributed by atoms with van der Waals surface area (Å²) in [5.74, 6) is 6.63. The Morgan fingerprint density at radius 2 is 1.87 bits per heavy atom. The van der Waals surface area contributed by atoms with Crippen LogP contribution in [0, 0.1) is 0 Å². The average Bonchev–Trinajstić information content (AvgIpc) is 2.95. The molecule has 0 radical (unpaired) electrons. The summed E-state index contributed by atoms with van der Waals surface area (Å²) in [5, 5.41) is 3.62. The van der Waals surface area contributed by atoms with Crippen molar-refractivity contribution in [3.8, 4) is 5.75 Å². The van der Waals surface area contributed by atoms with E-state index in [0.29, 0.717) is 12.4 Å². The minimum absolute atomic E-state index is 0.168. The molecule has 2 aliphatic rings. The van der Waals surface area contributed by atoms with Crippen molar-refractivity contribution < 1.29 is 23.9 Å². The molecule has 3 atom stereocenters. The van der Waals surface area contributed by atoms with Gasteiger partial charge < -0.3 is 4.74 Å². The molecule has 0 spiro atoms. The summed E-state index contributed by atoms with van der Waals surface area (Å²) in [7, 11) is 0. The number of esters is 1. The van der Waals surface area contributed by atoms with E-state index in [9.17, 15) is 14.4 Å². The fourth-order valence-electron chi connectivity index (χ4n) is 3.86. The predicted octanol–water partition coefficient (Wildman–Crippen LogP) is 2.88. The summed E-state index contributed by atoms with van der Waals surface area (Å²) in [6.07, 6.45) is 0.868. The molecule has 9 heteroatoms. The minimum atomic E-state index is -1.65. The Kier molecular flexibility index (Phi) is 7.30. The molecule has 3 rings (SSSR count). The van der Waals surface area contributed by atoms with Crippen LogP contribution in [0.2, 0.25) is 22.5 Å². The number of para-hydroxylation sites is 1. The van der Waals surface area contributed by atoms with E-state index >= 15 is 0 Å². The molecule has 1 N–H and O–H groups in total. The van der Waals surface area contributed by atoms with Gasteiger partial charge in [-0.2, -0.15) is 0 Å². The number of hydrogen-bond acceptors (Lipinski definition) is 6. The fraction of sp³-hybridized carbons (Fsp3) is 0.591. The second kappa shape index (κ2) is 9.44. The number of hydrogen-bond donors (Lipinski definition) is 1. The van der Waals surface area contributed by atoms with Crippen LogP contribution in [0.15, 0.2) is 30.3 Å². The molecule has 1 aromatic rings. The first kappa shape index (κ1) is 24.0. The van der Waals surface area contributed by atoms with Crippen molar-refractivity contribution in [2.24, 2.45) is 0 Å². The topological polar surface area (TPSA) is 84.9 Å². The Morgan fingerprint density at radius 3 is 2.52 bits per heavy atom. The third kappa shape index (κ3) is 5.77. The maximum atomic E-state index is 12.8. The van der Waals surface area contributed by atoms with E-state index in [0.717, 1.165) is 11.7 Å². The molecule has 3 unspecified atom stereocenters. The quantitative estimate of drug-likeness (QED) is 0.239. The predicted molar refractivity (Wildman–Crippen MR) is 124 cm³/mol. The van der Waals surface area contributed by atoms with Gasteiger partial charge in [-0.3, -0.25) is 0 Å². The number of β-lactam (4-membered cyclic amide) rings is 1. The molecule has 170 valence electrons. The average molecular weight is 509 g/mol. The molecule has 7 nitrogen and oxygen atoms in total. The summed E-state index contributed by atoms with van der Waals surface area (Å²) in [6, 6.07) is 7.75. The summed E-state index contributed by atoms with van der Waals surface area (Å²) < 4.78 is 10.5. The van der Waals surface area contributed by atoms with Gasteiger partial charge in [-0.1, -0.05) is 18.2 Å². The van der Waals surface area contributed by atoms with Crippen LogP contribution in [0.3, 0.4) is 0 Å². The molecule has 0 saturated carbocycles. The summed E-state index contributed by atoms with van der Waals surface area (Å²) in [4.78, 5) is 39.4. The van der Waals surface area contributed by atoms with Crippen molar-refractivity contribution in [1.82, 2.24) is 10.2 Å². The van der Waals surface area contributed by atoms with Gasteiger partial charge >= 0.3 is 150 Å². The van der Waals surface area contributed by atoms with Crippen LogP contribution >= 0.6 is 11.8 Å². The van der Waals surface area contributed by atoms with Gasteiger partial charge in [0.2, 0.25) is 0 Å². The van der Waals surface area contributed by atoms with Crippen LogP contribution in [-0.4, -0.2) is 71.4 Å². The van der Waals surface area contributed by atoms with Crippen LogP contribution in [0.5, 0.6) is 5.75 Å². The number of fused-ring (bicyclic) bond motifs is 1. The van der Waals surface area contributed by atoms with Gasteiger partial charge in [0.15, 0.2) is 0 Å². The molecule has 2 amide bonds. The van der Waals surface area contributed by atoms with Crippen molar-refractivity contribution in [1.29, 1.82) is 0 Å². The van der Waals surface area contributed by atoms with Gasteiger partial charge in [0, 0.05) is 0 Å². The van der Waals surface area contributed by atoms with Gasteiger partial charge in [-0.05, 0) is 12.1 Å². The number of nitrogens with zero attached hydrogens (tertiary/aromatic N) is 1. The van der Waals surface area contributed by atoms with E-state index in [2.05, 4.69) is 22.6 Å². The first-order valence-corrected chi connectivity index (χ1v) is 19.3. The molecular formula is C22H32GeN2O5S. The van der Waals surface area contributed by atoms with Gasteiger partial charge in [-0.15, -0.1) is 0 Å². The Morgan fingerprint density at radius 1 is 1.19 bits per heavy atom. The molecule has 0 aromatic heterocycles. The van der Waals surface area contributed by atoms with E-state index in [-0.39, 0.29) is 29.8 Å². The van der Waals surface area contributed by atoms with Crippen molar-refractivity contribution in [2.75, 3.05) is 13.2 Å². The Hall–Kier alpha value is -1.68. The van der Waals surface area contributed by atoms with E-state index < -0.39 is 30.1 Å². The van der Waals surface area contributed by atoms with Crippen molar-refractivity contribution in [2.45, 2.75) is 65.0 Å². The van der Waals surface area contributed by atoms with Crippen LogP contribution in [0.4, 0.5) is 0 Å².